The summed E-state index contributed by atoms with van der Waals surface area (Å²) in [4.78, 5) is 38.5. The molecule has 0 aliphatic heterocycles. The van der Waals surface area contributed by atoms with E-state index in [2.05, 4.69) is 15.6 Å². The maximum absolute atomic E-state index is 11.5. The first kappa shape index (κ1) is 13.3. The van der Waals surface area contributed by atoms with Crippen molar-refractivity contribution in [2.45, 2.75) is 0 Å². The van der Waals surface area contributed by atoms with E-state index in [9.17, 15) is 14.4 Å². The molecule has 0 saturated carbocycles. The Balaban J connectivity index is 2.03. The van der Waals surface area contributed by atoms with Crippen molar-refractivity contribution in [3.05, 3.63) is 42.6 Å². The number of esters is 1. The molecule has 8 nitrogen and oxygen atoms in total. The van der Waals surface area contributed by atoms with Crippen LogP contribution < -0.4 is 10.6 Å². The van der Waals surface area contributed by atoms with E-state index in [0.717, 1.165) is 22.4 Å². The van der Waals surface area contributed by atoms with Crippen LogP contribution in [0, 0.1) is 0 Å². The molecule has 1 heterocycles. The molecule has 0 saturated heterocycles. The minimum Gasteiger partial charge on any atom is -0.373 e. The third-order valence-corrected chi connectivity index (χ3v) is 2.18. The largest absolute Gasteiger partial charge is 0.412 e. The average molecular weight is 275 g/mol. The monoisotopic (exact) mass is 275 g/mol. The molecule has 1 amide bonds. The van der Waals surface area contributed by atoms with Crippen LogP contribution in [0.2, 0.25) is 0 Å². The second-order valence-electron chi connectivity index (χ2n) is 3.56. The molecule has 0 radical (unpaired) electrons. The fourth-order valence-corrected chi connectivity index (χ4v) is 1.41. The van der Waals surface area contributed by atoms with Gasteiger partial charge in [-0.05, 0) is 6.07 Å². The zero-order valence-corrected chi connectivity index (χ0v) is 10.1. The standard InChI is InChI=1S/C12H9N3O5/c13-12(18)19-10(16)5-6-11(17)20-15-9-4-2-1-3-8(9)7-14-15/h1-7H,(H2,13,18)/b6-5+. The van der Waals surface area contributed by atoms with Gasteiger partial charge in [-0.3, -0.25) is 0 Å². The van der Waals surface area contributed by atoms with Crippen LogP contribution in [0.4, 0.5) is 4.79 Å². The van der Waals surface area contributed by atoms with Gasteiger partial charge < -0.3 is 15.3 Å². The molecule has 2 rings (SSSR count). The Morgan fingerprint density at radius 1 is 1.15 bits per heavy atom. The normalized spacial score (nSPS) is 10.6. The van der Waals surface area contributed by atoms with Gasteiger partial charge in [-0.25, -0.2) is 14.4 Å². The number of hydrogen-bond donors (Lipinski definition) is 1. The number of amides is 1. The topological polar surface area (TPSA) is 114 Å². The lowest BCUT2D eigenvalue weighted by Crippen LogP contribution is -2.20. The lowest BCUT2D eigenvalue weighted by molar-refractivity contribution is -0.140. The third-order valence-electron chi connectivity index (χ3n) is 2.18. The first-order valence-electron chi connectivity index (χ1n) is 5.40. The average Bonchev–Trinajstić information content (AvgIpc) is 2.79. The quantitative estimate of drug-likeness (QED) is 0.485. The summed E-state index contributed by atoms with van der Waals surface area (Å²) < 4.78 is 3.99. The summed E-state index contributed by atoms with van der Waals surface area (Å²) in [5.41, 5.74) is 5.22. The van der Waals surface area contributed by atoms with Gasteiger partial charge in [-0.15, -0.1) is 5.10 Å². The van der Waals surface area contributed by atoms with E-state index >= 15 is 0 Å². The number of benzene rings is 1. The summed E-state index contributed by atoms with van der Waals surface area (Å²) in [6, 6.07) is 7.08. The summed E-state index contributed by atoms with van der Waals surface area (Å²) in [5, 5.41) is 4.65. The molecule has 1 aromatic carbocycles. The third kappa shape index (κ3) is 3.19. The molecule has 0 spiro atoms. The minimum absolute atomic E-state index is 0.592. The Bertz CT molecular complexity index is 704. The predicted molar refractivity (Wildman–Crippen MR) is 66.1 cm³/mol. The van der Waals surface area contributed by atoms with Crippen LogP contribution in [0.15, 0.2) is 42.6 Å². The summed E-state index contributed by atoms with van der Waals surface area (Å²) in [5.74, 6) is -1.93. The number of ether oxygens (including phenoxy) is 1. The molecule has 1 aromatic heterocycles. The highest BCUT2D eigenvalue weighted by Gasteiger charge is 2.07. The van der Waals surface area contributed by atoms with Gasteiger partial charge in [-0.2, -0.15) is 0 Å². The fourth-order valence-electron chi connectivity index (χ4n) is 1.41. The van der Waals surface area contributed by atoms with Crippen molar-refractivity contribution in [1.29, 1.82) is 0 Å². The Kier molecular flexibility index (Phi) is 3.75. The maximum atomic E-state index is 11.5. The molecular formula is C12H9N3O5. The molecule has 0 aliphatic rings. The van der Waals surface area contributed by atoms with E-state index in [1.165, 1.54) is 6.20 Å². The van der Waals surface area contributed by atoms with Crippen molar-refractivity contribution in [2.75, 3.05) is 0 Å². The molecule has 0 aliphatic carbocycles. The lowest BCUT2D eigenvalue weighted by atomic mass is 10.3. The second kappa shape index (κ2) is 5.65. The number of nitrogens with zero attached hydrogens (tertiary/aromatic N) is 2. The van der Waals surface area contributed by atoms with Crippen LogP contribution in [-0.2, 0) is 14.3 Å². The molecule has 8 heteroatoms. The molecule has 2 N–H and O–H groups in total. The summed E-state index contributed by atoms with van der Waals surface area (Å²) in [7, 11) is 0. The first-order valence-corrected chi connectivity index (χ1v) is 5.40. The molecule has 0 bridgehead atoms. The fraction of sp³-hybridized carbons (Fsp3) is 0. The van der Waals surface area contributed by atoms with Crippen molar-refractivity contribution in [3.8, 4) is 0 Å². The Morgan fingerprint density at radius 2 is 1.85 bits per heavy atom. The van der Waals surface area contributed by atoms with Gasteiger partial charge in [0, 0.05) is 17.5 Å². The van der Waals surface area contributed by atoms with Crippen molar-refractivity contribution >= 4 is 28.9 Å². The number of fused-ring (bicyclic) bond motifs is 1. The van der Waals surface area contributed by atoms with E-state index in [-0.39, 0.29) is 0 Å². The Hall–Kier alpha value is -3.16. The van der Waals surface area contributed by atoms with Crippen molar-refractivity contribution < 1.29 is 24.0 Å². The molecule has 0 unspecified atom stereocenters. The van der Waals surface area contributed by atoms with Gasteiger partial charge in [0.05, 0.1) is 6.20 Å². The van der Waals surface area contributed by atoms with Gasteiger partial charge in [0.15, 0.2) is 0 Å². The smallest absolute Gasteiger partial charge is 0.373 e. The van der Waals surface area contributed by atoms with Crippen LogP contribution >= 0.6 is 0 Å². The summed E-state index contributed by atoms with van der Waals surface area (Å²) in [6.07, 6.45) is 1.78. The predicted octanol–water partition coefficient (Wildman–Crippen LogP) is 0.170. The molecule has 20 heavy (non-hydrogen) atoms. The number of carbonyl (C=O) groups is 3. The lowest BCUT2D eigenvalue weighted by Gasteiger charge is -2.00. The highest BCUT2D eigenvalue weighted by Crippen LogP contribution is 2.11. The van der Waals surface area contributed by atoms with Crippen molar-refractivity contribution in [2.24, 2.45) is 5.73 Å². The Labute approximate surface area is 112 Å². The number of rotatable bonds is 3. The van der Waals surface area contributed by atoms with E-state index < -0.39 is 18.0 Å². The number of primary amides is 1. The molecule has 0 atom stereocenters. The zero-order chi connectivity index (χ0) is 14.5. The SMILES string of the molecule is NC(=O)OC(=O)/C=C/C(=O)On1ncc2ccccc21. The van der Waals surface area contributed by atoms with Crippen LogP contribution in [-0.4, -0.2) is 28.0 Å². The van der Waals surface area contributed by atoms with Crippen LogP contribution in [0.25, 0.3) is 10.9 Å². The van der Waals surface area contributed by atoms with Gasteiger partial charge in [-0.1, -0.05) is 23.0 Å². The van der Waals surface area contributed by atoms with Crippen LogP contribution in [0.3, 0.4) is 0 Å². The number of hydrogen-bond acceptors (Lipinski definition) is 6. The van der Waals surface area contributed by atoms with Gasteiger partial charge in [0.25, 0.3) is 0 Å². The molecule has 0 fully saturated rings. The number of para-hydroxylation sites is 1. The Morgan fingerprint density at radius 3 is 2.60 bits per heavy atom. The molecule has 2 aromatic rings. The van der Waals surface area contributed by atoms with E-state index in [4.69, 9.17) is 4.84 Å². The van der Waals surface area contributed by atoms with E-state index in [1.807, 2.05) is 6.07 Å². The first-order chi connectivity index (χ1) is 9.56. The van der Waals surface area contributed by atoms with Crippen molar-refractivity contribution in [3.63, 3.8) is 0 Å². The molecule has 102 valence electrons. The second-order valence-corrected chi connectivity index (χ2v) is 3.56. The summed E-state index contributed by atoms with van der Waals surface area (Å²) in [6.45, 7) is 0. The van der Waals surface area contributed by atoms with E-state index in [0.29, 0.717) is 5.52 Å². The van der Waals surface area contributed by atoms with Crippen LogP contribution in [0.1, 0.15) is 0 Å². The van der Waals surface area contributed by atoms with E-state index in [1.54, 1.807) is 18.2 Å². The van der Waals surface area contributed by atoms with Crippen LogP contribution in [0.5, 0.6) is 0 Å². The van der Waals surface area contributed by atoms with Gasteiger partial charge in [0.1, 0.15) is 5.52 Å². The summed E-state index contributed by atoms with van der Waals surface area (Å²) >= 11 is 0. The van der Waals surface area contributed by atoms with Crippen molar-refractivity contribution in [1.82, 2.24) is 9.94 Å². The van der Waals surface area contributed by atoms with Gasteiger partial charge >= 0.3 is 18.0 Å². The zero-order valence-electron chi connectivity index (χ0n) is 10.1. The number of aromatic nitrogens is 2. The maximum Gasteiger partial charge on any atom is 0.412 e. The minimum atomic E-state index is -1.26. The highest BCUT2D eigenvalue weighted by atomic mass is 16.7. The highest BCUT2D eigenvalue weighted by molar-refractivity contribution is 5.96. The molecular weight excluding hydrogens is 266 g/mol. The number of nitrogens with two attached hydrogens (primary N) is 1. The number of carbonyl (C=O) groups excluding carboxylic acids is 3. The van der Waals surface area contributed by atoms with Gasteiger partial charge in [0.2, 0.25) is 0 Å².